The minimum Gasteiger partial charge on any atom is -0.333 e. The molecule has 1 aromatic rings. The van der Waals surface area contributed by atoms with Crippen LogP contribution >= 0.6 is 0 Å². The Kier molecular flexibility index (Phi) is 2.76. The molecule has 0 bridgehead atoms. The zero-order valence-corrected chi connectivity index (χ0v) is 8.91. The zero-order chi connectivity index (χ0) is 10.1. The molecule has 1 heterocycles. The molecule has 0 aliphatic heterocycles. The second kappa shape index (κ2) is 3.50. The fraction of sp³-hybridized carbons (Fsp3) is 0.700. The summed E-state index contributed by atoms with van der Waals surface area (Å²) in [5.41, 5.74) is 7.19. The highest BCUT2D eigenvalue weighted by Gasteiger charge is 2.14. The highest BCUT2D eigenvalue weighted by Crippen LogP contribution is 2.19. The molecular formula is C10H19N3. The normalized spacial score (nSPS) is 14.5. The number of rotatable bonds is 2. The molecule has 13 heavy (non-hydrogen) atoms. The summed E-state index contributed by atoms with van der Waals surface area (Å²) in [5.74, 6) is 0. The van der Waals surface area contributed by atoms with Gasteiger partial charge < -0.3 is 10.3 Å². The highest BCUT2D eigenvalue weighted by molar-refractivity contribution is 5.03. The maximum Gasteiger partial charge on any atom is 0.0948 e. The van der Waals surface area contributed by atoms with Crippen LogP contribution in [0.2, 0.25) is 0 Å². The lowest BCUT2D eigenvalue weighted by Crippen LogP contribution is -2.19. The van der Waals surface area contributed by atoms with Gasteiger partial charge in [-0.05, 0) is 12.3 Å². The third-order valence-electron chi connectivity index (χ3n) is 1.86. The lowest BCUT2D eigenvalue weighted by Gasteiger charge is -2.21. The number of imidazole rings is 1. The van der Waals surface area contributed by atoms with Crippen LogP contribution in [0.5, 0.6) is 0 Å². The molecule has 1 rings (SSSR count). The van der Waals surface area contributed by atoms with Gasteiger partial charge in [-0.25, -0.2) is 4.98 Å². The second-order valence-corrected chi connectivity index (χ2v) is 4.80. The van der Waals surface area contributed by atoms with E-state index in [-0.39, 0.29) is 11.5 Å². The first-order chi connectivity index (χ1) is 5.90. The first kappa shape index (κ1) is 10.3. The third kappa shape index (κ3) is 2.84. The van der Waals surface area contributed by atoms with Crippen molar-refractivity contribution in [1.82, 2.24) is 9.55 Å². The number of nitrogens with zero attached hydrogens (tertiary/aromatic N) is 2. The summed E-state index contributed by atoms with van der Waals surface area (Å²) in [4.78, 5) is 4.11. The Morgan fingerprint density at radius 2 is 2.15 bits per heavy atom. The molecule has 0 spiro atoms. The summed E-state index contributed by atoms with van der Waals surface area (Å²) in [6.45, 7) is 9.56. The van der Waals surface area contributed by atoms with Crippen LogP contribution in [-0.2, 0) is 6.54 Å². The van der Waals surface area contributed by atoms with Gasteiger partial charge in [-0.2, -0.15) is 0 Å². The van der Waals surface area contributed by atoms with Crippen LogP contribution in [0, 0.1) is 5.41 Å². The van der Waals surface area contributed by atoms with E-state index in [4.69, 9.17) is 5.73 Å². The SMILES string of the molecule is C[C@@H](N)c1cncn1CC(C)(C)C. The predicted octanol–water partition coefficient (Wildman–Crippen LogP) is 1.95. The number of aromatic nitrogens is 2. The summed E-state index contributed by atoms with van der Waals surface area (Å²) in [6.07, 6.45) is 3.69. The molecule has 0 saturated carbocycles. The Hall–Kier alpha value is -0.830. The molecule has 0 aliphatic carbocycles. The van der Waals surface area contributed by atoms with Gasteiger partial charge in [-0.3, -0.25) is 0 Å². The summed E-state index contributed by atoms with van der Waals surface area (Å²) < 4.78 is 2.13. The minimum atomic E-state index is 0.0600. The molecule has 0 aliphatic rings. The van der Waals surface area contributed by atoms with Crippen molar-refractivity contribution in [3.63, 3.8) is 0 Å². The topological polar surface area (TPSA) is 43.8 Å². The zero-order valence-electron chi connectivity index (χ0n) is 8.91. The fourth-order valence-electron chi connectivity index (χ4n) is 1.35. The first-order valence-corrected chi connectivity index (χ1v) is 4.66. The molecule has 0 amide bonds. The Balaban J connectivity index is 2.83. The summed E-state index contributed by atoms with van der Waals surface area (Å²) in [7, 11) is 0. The largest absolute Gasteiger partial charge is 0.333 e. The van der Waals surface area contributed by atoms with Crippen LogP contribution in [0.15, 0.2) is 12.5 Å². The summed E-state index contributed by atoms with van der Waals surface area (Å²) in [6, 6.07) is 0.0600. The number of hydrogen-bond acceptors (Lipinski definition) is 2. The van der Waals surface area contributed by atoms with Crippen molar-refractivity contribution in [3.8, 4) is 0 Å². The Bertz CT molecular complexity index is 268. The van der Waals surface area contributed by atoms with Gasteiger partial charge in [0.05, 0.1) is 12.0 Å². The minimum absolute atomic E-state index is 0.0600. The van der Waals surface area contributed by atoms with Crippen molar-refractivity contribution in [2.45, 2.75) is 40.3 Å². The predicted molar refractivity (Wildman–Crippen MR) is 54.3 cm³/mol. The molecule has 0 radical (unpaired) electrons. The fourth-order valence-corrected chi connectivity index (χ4v) is 1.35. The van der Waals surface area contributed by atoms with Crippen molar-refractivity contribution >= 4 is 0 Å². The molecule has 0 saturated heterocycles. The molecule has 3 nitrogen and oxygen atoms in total. The van der Waals surface area contributed by atoms with Crippen LogP contribution < -0.4 is 5.73 Å². The van der Waals surface area contributed by atoms with Crippen molar-refractivity contribution in [2.24, 2.45) is 11.1 Å². The highest BCUT2D eigenvalue weighted by atomic mass is 15.1. The molecule has 1 aromatic heterocycles. The average Bonchev–Trinajstić information content (AvgIpc) is 2.31. The average molecular weight is 181 g/mol. The number of nitrogens with two attached hydrogens (primary N) is 1. The van der Waals surface area contributed by atoms with E-state index in [1.165, 1.54) is 0 Å². The van der Waals surface area contributed by atoms with Gasteiger partial charge in [0.1, 0.15) is 0 Å². The van der Waals surface area contributed by atoms with Gasteiger partial charge in [0.2, 0.25) is 0 Å². The number of hydrogen-bond donors (Lipinski definition) is 1. The van der Waals surface area contributed by atoms with Crippen molar-refractivity contribution in [1.29, 1.82) is 0 Å². The lowest BCUT2D eigenvalue weighted by molar-refractivity contribution is 0.336. The molecule has 0 fully saturated rings. The van der Waals surface area contributed by atoms with E-state index in [9.17, 15) is 0 Å². The van der Waals surface area contributed by atoms with Crippen molar-refractivity contribution in [3.05, 3.63) is 18.2 Å². The van der Waals surface area contributed by atoms with E-state index in [0.717, 1.165) is 12.2 Å². The molecule has 74 valence electrons. The maximum absolute atomic E-state index is 5.82. The van der Waals surface area contributed by atoms with Crippen molar-refractivity contribution in [2.75, 3.05) is 0 Å². The molecular weight excluding hydrogens is 162 g/mol. The van der Waals surface area contributed by atoms with E-state index in [1.807, 2.05) is 19.4 Å². The van der Waals surface area contributed by atoms with Gasteiger partial charge in [-0.15, -0.1) is 0 Å². The molecule has 2 N–H and O–H groups in total. The van der Waals surface area contributed by atoms with Crippen molar-refractivity contribution < 1.29 is 0 Å². The van der Waals surface area contributed by atoms with Crippen LogP contribution in [0.4, 0.5) is 0 Å². The molecule has 0 unspecified atom stereocenters. The van der Waals surface area contributed by atoms with Crippen LogP contribution in [0.3, 0.4) is 0 Å². The van der Waals surface area contributed by atoms with Gasteiger partial charge in [0.25, 0.3) is 0 Å². The monoisotopic (exact) mass is 181 g/mol. The van der Waals surface area contributed by atoms with Gasteiger partial charge >= 0.3 is 0 Å². The Labute approximate surface area is 80.0 Å². The maximum atomic E-state index is 5.82. The van der Waals surface area contributed by atoms with E-state index < -0.39 is 0 Å². The molecule has 0 aromatic carbocycles. The quantitative estimate of drug-likeness (QED) is 0.757. The van der Waals surface area contributed by atoms with E-state index >= 15 is 0 Å². The van der Waals surface area contributed by atoms with Gasteiger partial charge in [-0.1, -0.05) is 20.8 Å². The molecule has 3 heteroatoms. The summed E-state index contributed by atoms with van der Waals surface area (Å²) >= 11 is 0. The van der Waals surface area contributed by atoms with E-state index in [0.29, 0.717) is 0 Å². The Morgan fingerprint density at radius 1 is 1.54 bits per heavy atom. The third-order valence-corrected chi connectivity index (χ3v) is 1.86. The van der Waals surface area contributed by atoms with Gasteiger partial charge in [0, 0.05) is 18.8 Å². The lowest BCUT2D eigenvalue weighted by atomic mass is 9.96. The van der Waals surface area contributed by atoms with Crippen LogP contribution in [0.1, 0.15) is 39.4 Å². The molecule has 1 atom stereocenters. The second-order valence-electron chi connectivity index (χ2n) is 4.80. The first-order valence-electron chi connectivity index (χ1n) is 4.66. The standard InChI is InChI=1S/C10H19N3/c1-8(11)9-5-12-7-13(9)6-10(2,3)4/h5,7-8H,6,11H2,1-4H3/t8-/m1/s1. The smallest absolute Gasteiger partial charge is 0.0948 e. The van der Waals surface area contributed by atoms with Crippen LogP contribution in [0.25, 0.3) is 0 Å². The Morgan fingerprint density at radius 3 is 2.62 bits per heavy atom. The summed E-state index contributed by atoms with van der Waals surface area (Å²) in [5, 5.41) is 0. The van der Waals surface area contributed by atoms with Gasteiger partial charge in [0.15, 0.2) is 0 Å². The van der Waals surface area contributed by atoms with Crippen LogP contribution in [-0.4, -0.2) is 9.55 Å². The van der Waals surface area contributed by atoms with E-state index in [2.05, 4.69) is 30.3 Å². The van der Waals surface area contributed by atoms with E-state index in [1.54, 1.807) is 0 Å².